The van der Waals surface area contributed by atoms with Crippen molar-refractivity contribution >= 4 is 34.7 Å². The van der Waals surface area contributed by atoms with E-state index < -0.39 is 17.5 Å². The number of anilines is 3. The lowest BCUT2D eigenvalue weighted by Gasteiger charge is -2.38. The van der Waals surface area contributed by atoms with Crippen LogP contribution in [0.5, 0.6) is 0 Å². The van der Waals surface area contributed by atoms with E-state index in [1.165, 1.54) is 6.20 Å². The Morgan fingerprint density at radius 1 is 1.05 bits per heavy atom. The SMILES string of the molecule is Nc1nn2cc(F)cnc2c1C(=O)Nc1cncc(F)c1N1CCC(C(=O)N2CC3CCC(C2)N3)CC1. The van der Waals surface area contributed by atoms with Crippen LogP contribution >= 0.6 is 0 Å². The maximum Gasteiger partial charge on any atom is 0.263 e. The van der Waals surface area contributed by atoms with E-state index in [4.69, 9.17) is 5.73 Å². The molecule has 13 heteroatoms. The number of fused-ring (bicyclic) bond motifs is 3. The van der Waals surface area contributed by atoms with Gasteiger partial charge in [-0.3, -0.25) is 14.6 Å². The number of aromatic nitrogens is 4. The average Bonchev–Trinajstić information content (AvgIpc) is 3.40. The first-order valence-electron chi connectivity index (χ1n) is 12.4. The fourth-order valence-electron chi connectivity index (χ4n) is 5.76. The summed E-state index contributed by atoms with van der Waals surface area (Å²) in [6, 6.07) is 0.771. The van der Waals surface area contributed by atoms with Crippen LogP contribution in [0.3, 0.4) is 0 Å². The Bertz CT molecular complexity index is 1360. The Kier molecular flexibility index (Phi) is 5.86. The average molecular weight is 512 g/mol. The highest BCUT2D eigenvalue weighted by molar-refractivity contribution is 6.12. The molecule has 0 aliphatic carbocycles. The molecule has 0 saturated carbocycles. The van der Waals surface area contributed by atoms with Crippen molar-refractivity contribution in [2.45, 2.75) is 37.8 Å². The van der Waals surface area contributed by atoms with Crippen LogP contribution in [0.1, 0.15) is 36.0 Å². The van der Waals surface area contributed by atoms with E-state index in [-0.39, 0.29) is 40.2 Å². The number of nitrogen functional groups attached to an aromatic ring is 1. The molecular weight excluding hydrogens is 484 g/mol. The molecule has 2 amide bonds. The zero-order valence-electron chi connectivity index (χ0n) is 20.0. The highest BCUT2D eigenvalue weighted by Crippen LogP contribution is 2.33. The lowest BCUT2D eigenvalue weighted by Crippen LogP contribution is -2.55. The molecule has 3 aromatic heterocycles. The Morgan fingerprint density at radius 2 is 1.78 bits per heavy atom. The van der Waals surface area contributed by atoms with Crippen LogP contribution in [0.2, 0.25) is 0 Å². The molecule has 2 unspecified atom stereocenters. The minimum Gasteiger partial charge on any atom is -0.381 e. The molecular formula is C24H27F2N9O2. The maximum atomic E-state index is 15.0. The monoisotopic (exact) mass is 511 g/mol. The number of hydrogen-bond acceptors (Lipinski definition) is 8. The van der Waals surface area contributed by atoms with Gasteiger partial charge in [-0.2, -0.15) is 0 Å². The molecule has 37 heavy (non-hydrogen) atoms. The lowest BCUT2D eigenvalue weighted by molar-refractivity contribution is -0.137. The van der Waals surface area contributed by atoms with E-state index in [0.717, 1.165) is 49.0 Å². The Morgan fingerprint density at radius 3 is 2.51 bits per heavy atom. The third-order valence-corrected chi connectivity index (χ3v) is 7.50. The van der Waals surface area contributed by atoms with Gasteiger partial charge in [-0.15, -0.1) is 5.10 Å². The van der Waals surface area contributed by atoms with Crippen molar-refractivity contribution in [2.24, 2.45) is 5.92 Å². The van der Waals surface area contributed by atoms with Crippen LogP contribution in [0.4, 0.5) is 26.0 Å². The van der Waals surface area contributed by atoms with Crippen molar-refractivity contribution in [2.75, 3.05) is 42.1 Å². The predicted octanol–water partition coefficient (Wildman–Crippen LogP) is 1.42. The molecule has 6 rings (SSSR count). The van der Waals surface area contributed by atoms with Gasteiger partial charge >= 0.3 is 0 Å². The zero-order chi connectivity index (χ0) is 25.7. The first-order valence-corrected chi connectivity index (χ1v) is 12.4. The molecule has 3 aromatic rings. The number of nitrogens with zero attached hydrogens (tertiary/aromatic N) is 6. The quantitative estimate of drug-likeness (QED) is 0.479. The second-order valence-electron chi connectivity index (χ2n) is 9.91. The lowest BCUT2D eigenvalue weighted by atomic mass is 9.94. The Balaban J connectivity index is 1.17. The second kappa shape index (κ2) is 9.21. The van der Waals surface area contributed by atoms with Crippen LogP contribution in [-0.2, 0) is 4.79 Å². The fourth-order valence-corrected chi connectivity index (χ4v) is 5.76. The smallest absolute Gasteiger partial charge is 0.263 e. The first kappa shape index (κ1) is 23.5. The van der Waals surface area contributed by atoms with Crippen molar-refractivity contribution < 1.29 is 18.4 Å². The summed E-state index contributed by atoms with van der Waals surface area (Å²) in [7, 11) is 0. The second-order valence-corrected chi connectivity index (χ2v) is 9.91. The molecule has 6 heterocycles. The normalized spacial score (nSPS) is 22.0. The number of rotatable bonds is 4. The molecule has 3 aliphatic heterocycles. The molecule has 2 bridgehead atoms. The van der Waals surface area contributed by atoms with Crippen LogP contribution < -0.4 is 21.3 Å². The molecule has 3 fully saturated rings. The molecule has 4 N–H and O–H groups in total. The Hall–Kier alpha value is -3.87. The highest BCUT2D eigenvalue weighted by atomic mass is 19.1. The summed E-state index contributed by atoms with van der Waals surface area (Å²) >= 11 is 0. The first-order chi connectivity index (χ1) is 17.9. The summed E-state index contributed by atoms with van der Waals surface area (Å²) in [5.74, 6) is -1.96. The third kappa shape index (κ3) is 4.32. The van der Waals surface area contributed by atoms with E-state index in [1.54, 1.807) is 0 Å². The van der Waals surface area contributed by atoms with Gasteiger partial charge < -0.3 is 26.2 Å². The minimum atomic E-state index is -0.668. The summed E-state index contributed by atoms with van der Waals surface area (Å²) in [4.78, 5) is 37.9. The van der Waals surface area contributed by atoms with Gasteiger partial charge in [0, 0.05) is 44.2 Å². The van der Waals surface area contributed by atoms with E-state index in [0.29, 0.717) is 38.0 Å². The molecule has 194 valence electrons. The Labute approximate surface area is 211 Å². The summed E-state index contributed by atoms with van der Waals surface area (Å²) in [6.45, 7) is 2.41. The van der Waals surface area contributed by atoms with Crippen molar-refractivity contribution in [3.63, 3.8) is 0 Å². The van der Waals surface area contributed by atoms with Crippen molar-refractivity contribution in [1.29, 1.82) is 0 Å². The van der Waals surface area contributed by atoms with E-state index in [2.05, 4.69) is 25.7 Å². The van der Waals surface area contributed by atoms with Crippen LogP contribution in [0, 0.1) is 17.6 Å². The highest BCUT2D eigenvalue weighted by Gasteiger charge is 2.37. The van der Waals surface area contributed by atoms with Crippen molar-refractivity contribution in [1.82, 2.24) is 29.8 Å². The maximum absolute atomic E-state index is 15.0. The van der Waals surface area contributed by atoms with Gasteiger partial charge in [0.2, 0.25) is 5.91 Å². The molecule has 11 nitrogen and oxygen atoms in total. The third-order valence-electron chi connectivity index (χ3n) is 7.50. The number of carbonyl (C=O) groups excluding carboxylic acids is 2. The topological polar surface area (TPSA) is 134 Å². The van der Waals surface area contributed by atoms with Gasteiger partial charge in [-0.1, -0.05) is 0 Å². The number of nitrogens with one attached hydrogen (secondary N) is 2. The van der Waals surface area contributed by atoms with Crippen LogP contribution in [0.15, 0.2) is 24.8 Å². The van der Waals surface area contributed by atoms with E-state index in [1.807, 2.05) is 9.80 Å². The van der Waals surface area contributed by atoms with E-state index in [9.17, 15) is 14.0 Å². The molecule has 3 saturated heterocycles. The zero-order valence-corrected chi connectivity index (χ0v) is 20.0. The number of hydrogen-bond donors (Lipinski definition) is 3. The van der Waals surface area contributed by atoms with Crippen LogP contribution in [-0.4, -0.2) is 74.6 Å². The number of nitrogens with two attached hydrogens (primary N) is 1. The van der Waals surface area contributed by atoms with Gasteiger partial charge in [0.15, 0.2) is 23.1 Å². The van der Waals surface area contributed by atoms with Gasteiger partial charge in [-0.05, 0) is 25.7 Å². The van der Waals surface area contributed by atoms with Crippen molar-refractivity contribution in [3.05, 3.63) is 42.0 Å². The number of amides is 2. The molecule has 2 atom stereocenters. The molecule has 0 spiro atoms. The summed E-state index contributed by atoms with van der Waals surface area (Å²) in [5.41, 5.74) is 6.28. The number of piperidine rings is 1. The number of piperazine rings is 1. The van der Waals surface area contributed by atoms with Gasteiger partial charge in [-0.25, -0.2) is 18.3 Å². The minimum absolute atomic E-state index is 0.0514. The number of likely N-dealkylation sites (tertiary alicyclic amines) is 1. The standard InChI is InChI=1S/C24H27F2N9O2/c25-14-7-29-22-19(21(27)32-35(22)10-14)23(36)31-18-9-28-8-17(26)20(18)33-5-3-13(4-6-33)24(37)34-11-15-1-2-16(12-34)30-15/h7-10,13,15-16,30H,1-6,11-12H2,(H2,27,32)(H,31,36). The molecule has 3 aliphatic rings. The van der Waals surface area contributed by atoms with E-state index >= 15 is 4.39 Å². The van der Waals surface area contributed by atoms with Crippen LogP contribution in [0.25, 0.3) is 5.65 Å². The fraction of sp³-hybridized carbons (Fsp3) is 0.458. The summed E-state index contributed by atoms with van der Waals surface area (Å²) in [5, 5.41) is 10.1. The molecule has 0 aromatic carbocycles. The number of halogens is 2. The number of pyridine rings is 1. The summed E-state index contributed by atoms with van der Waals surface area (Å²) in [6.07, 6.45) is 7.85. The largest absolute Gasteiger partial charge is 0.381 e. The molecule has 0 radical (unpaired) electrons. The number of carbonyl (C=O) groups is 2. The van der Waals surface area contributed by atoms with Crippen molar-refractivity contribution in [3.8, 4) is 0 Å². The van der Waals surface area contributed by atoms with Gasteiger partial charge in [0.05, 0.1) is 30.5 Å². The van der Waals surface area contributed by atoms with Gasteiger partial charge in [0.25, 0.3) is 5.91 Å². The summed E-state index contributed by atoms with van der Waals surface area (Å²) < 4.78 is 29.6. The van der Waals surface area contributed by atoms with Gasteiger partial charge in [0.1, 0.15) is 11.3 Å². The predicted molar refractivity (Wildman–Crippen MR) is 131 cm³/mol.